The molecule has 0 aromatic heterocycles. The third kappa shape index (κ3) is 2.49. The molecule has 0 bridgehead atoms. The molecule has 1 aliphatic rings. The highest BCUT2D eigenvalue weighted by atomic mass is 16.3. The van der Waals surface area contributed by atoms with Crippen molar-refractivity contribution in [1.29, 1.82) is 0 Å². The third-order valence-electron chi connectivity index (χ3n) is 2.82. The molecule has 0 saturated heterocycles. The second-order valence-electron chi connectivity index (χ2n) is 4.00. The Morgan fingerprint density at radius 3 is 2.40 bits per heavy atom. The number of rotatable bonds is 2. The Balaban J connectivity index is 1.98. The summed E-state index contributed by atoms with van der Waals surface area (Å²) in [7, 11) is 0. The minimum Gasteiger partial charge on any atom is -0.508 e. The first-order chi connectivity index (χ1) is 7.25. The topological polar surface area (TPSA) is 49.3 Å². The minimum absolute atomic E-state index is 0.0399. The molecular formula is C12H15NO2. The van der Waals surface area contributed by atoms with Crippen LogP contribution in [0.3, 0.4) is 0 Å². The van der Waals surface area contributed by atoms with Crippen LogP contribution in [-0.2, 0) is 0 Å². The molecule has 1 aliphatic carbocycles. The van der Waals surface area contributed by atoms with Gasteiger partial charge in [0.1, 0.15) is 5.75 Å². The summed E-state index contributed by atoms with van der Waals surface area (Å²) in [6.45, 7) is 0. The van der Waals surface area contributed by atoms with E-state index in [0.29, 0.717) is 11.6 Å². The Bertz CT molecular complexity index is 339. The molecule has 80 valence electrons. The first kappa shape index (κ1) is 10.0. The van der Waals surface area contributed by atoms with Crippen molar-refractivity contribution in [1.82, 2.24) is 5.32 Å². The minimum atomic E-state index is -0.0399. The average molecular weight is 205 g/mol. The van der Waals surface area contributed by atoms with Gasteiger partial charge in [0.25, 0.3) is 5.91 Å². The first-order valence-corrected chi connectivity index (χ1v) is 5.35. The van der Waals surface area contributed by atoms with Gasteiger partial charge in [0.15, 0.2) is 0 Å². The normalized spacial score (nSPS) is 16.5. The van der Waals surface area contributed by atoms with Crippen molar-refractivity contribution < 1.29 is 9.90 Å². The van der Waals surface area contributed by atoms with Crippen LogP contribution < -0.4 is 5.32 Å². The molecule has 3 heteroatoms. The van der Waals surface area contributed by atoms with Gasteiger partial charge in [0.2, 0.25) is 0 Å². The van der Waals surface area contributed by atoms with E-state index in [-0.39, 0.29) is 11.7 Å². The molecule has 2 N–H and O–H groups in total. The summed E-state index contributed by atoms with van der Waals surface area (Å²) in [6.07, 6.45) is 4.59. The van der Waals surface area contributed by atoms with Gasteiger partial charge < -0.3 is 10.4 Å². The van der Waals surface area contributed by atoms with Gasteiger partial charge in [-0.25, -0.2) is 0 Å². The molecule has 0 heterocycles. The molecule has 0 spiro atoms. The summed E-state index contributed by atoms with van der Waals surface area (Å²) in [6, 6.07) is 6.68. The lowest BCUT2D eigenvalue weighted by Crippen LogP contribution is -2.32. The predicted molar refractivity (Wildman–Crippen MR) is 57.8 cm³/mol. The van der Waals surface area contributed by atoms with E-state index >= 15 is 0 Å². The van der Waals surface area contributed by atoms with Crippen molar-refractivity contribution in [3.63, 3.8) is 0 Å². The Kier molecular flexibility index (Phi) is 2.90. The van der Waals surface area contributed by atoms with E-state index in [9.17, 15) is 4.79 Å². The lowest BCUT2D eigenvalue weighted by molar-refractivity contribution is 0.0938. The largest absolute Gasteiger partial charge is 0.508 e. The van der Waals surface area contributed by atoms with Crippen molar-refractivity contribution in [2.24, 2.45) is 0 Å². The zero-order valence-electron chi connectivity index (χ0n) is 8.57. The Hall–Kier alpha value is -1.51. The number of carbonyl (C=O) groups is 1. The molecule has 0 aliphatic heterocycles. The van der Waals surface area contributed by atoms with Gasteiger partial charge in [-0.3, -0.25) is 4.79 Å². The predicted octanol–water partition coefficient (Wildman–Crippen LogP) is 2.06. The molecule has 1 aromatic carbocycles. The van der Waals surface area contributed by atoms with Crippen LogP contribution in [0.15, 0.2) is 24.3 Å². The molecule has 1 aromatic rings. The number of aromatic hydroxyl groups is 1. The molecule has 1 fully saturated rings. The molecule has 1 amide bonds. The van der Waals surface area contributed by atoms with Crippen LogP contribution in [0.1, 0.15) is 36.0 Å². The fourth-order valence-corrected chi connectivity index (χ4v) is 1.95. The molecule has 1 saturated carbocycles. The fraction of sp³-hybridized carbons (Fsp3) is 0.417. The number of phenols is 1. The van der Waals surface area contributed by atoms with E-state index in [1.807, 2.05) is 0 Å². The van der Waals surface area contributed by atoms with Crippen molar-refractivity contribution in [3.8, 4) is 5.75 Å². The van der Waals surface area contributed by atoms with Gasteiger partial charge in [-0.1, -0.05) is 12.8 Å². The van der Waals surface area contributed by atoms with E-state index in [1.54, 1.807) is 12.1 Å². The number of hydrogen-bond acceptors (Lipinski definition) is 2. The summed E-state index contributed by atoms with van der Waals surface area (Å²) in [5, 5.41) is 12.1. The third-order valence-corrected chi connectivity index (χ3v) is 2.82. The number of amides is 1. The Labute approximate surface area is 89.1 Å². The summed E-state index contributed by atoms with van der Waals surface area (Å²) in [5.41, 5.74) is 0.611. The summed E-state index contributed by atoms with van der Waals surface area (Å²) < 4.78 is 0. The zero-order chi connectivity index (χ0) is 10.7. The maximum Gasteiger partial charge on any atom is 0.251 e. The number of carbonyl (C=O) groups excluding carboxylic acids is 1. The molecular weight excluding hydrogens is 190 g/mol. The van der Waals surface area contributed by atoms with Crippen LogP contribution in [-0.4, -0.2) is 17.1 Å². The lowest BCUT2D eigenvalue weighted by atomic mass is 10.2. The highest BCUT2D eigenvalue weighted by Gasteiger charge is 2.17. The Morgan fingerprint density at radius 2 is 1.80 bits per heavy atom. The van der Waals surface area contributed by atoms with Crippen molar-refractivity contribution in [2.45, 2.75) is 31.7 Å². The van der Waals surface area contributed by atoms with Gasteiger partial charge in [-0.05, 0) is 37.1 Å². The molecule has 0 radical (unpaired) electrons. The summed E-state index contributed by atoms with van der Waals surface area (Å²) in [5.74, 6) is 0.148. The SMILES string of the molecule is O=C(NC1CCCC1)c1ccc(O)cc1. The lowest BCUT2D eigenvalue weighted by Gasteiger charge is -2.11. The van der Waals surface area contributed by atoms with E-state index < -0.39 is 0 Å². The van der Waals surface area contributed by atoms with Crippen LogP contribution >= 0.6 is 0 Å². The van der Waals surface area contributed by atoms with Crippen molar-refractivity contribution in [2.75, 3.05) is 0 Å². The van der Waals surface area contributed by atoms with Gasteiger partial charge in [-0.2, -0.15) is 0 Å². The fourth-order valence-electron chi connectivity index (χ4n) is 1.95. The van der Waals surface area contributed by atoms with Crippen LogP contribution in [0.2, 0.25) is 0 Å². The smallest absolute Gasteiger partial charge is 0.251 e. The van der Waals surface area contributed by atoms with E-state index in [2.05, 4.69) is 5.32 Å². The van der Waals surface area contributed by atoms with Crippen molar-refractivity contribution in [3.05, 3.63) is 29.8 Å². The highest BCUT2D eigenvalue weighted by Crippen LogP contribution is 2.18. The quantitative estimate of drug-likeness (QED) is 0.776. The first-order valence-electron chi connectivity index (χ1n) is 5.35. The number of benzene rings is 1. The highest BCUT2D eigenvalue weighted by molar-refractivity contribution is 5.94. The van der Waals surface area contributed by atoms with Crippen LogP contribution in [0.25, 0.3) is 0 Å². The maximum absolute atomic E-state index is 11.7. The molecule has 2 rings (SSSR count). The summed E-state index contributed by atoms with van der Waals surface area (Å²) >= 11 is 0. The monoisotopic (exact) mass is 205 g/mol. The zero-order valence-corrected chi connectivity index (χ0v) is 8.57. The van der Waals surface area contributed by atoms with Crippen molar-refractivity contribution >= 4 is 5.91 Å². The standard InChI is InChI=1S/C12H15NO2/c14-11-7-5-9(6-8-11)12(15)13-10-3-1-2-4-10/h5-8,10,14H,1-4H2,(H,13,15). The molecule has 0 unspecified atom stereocenters. The second kappa shape index (κ2) is 4.34. The van der Waals surface area contributed by atoms with Gasteiger partial charge in [-0.15, -0.1) is 0 Å². The number of hydrogen-bond donors (Lipinski definition) is 2. The van der Waals surface area contributed by atoms with Gasteiger partial charge in [0, 0.05) is 11.6 Å². The van der Waals surface area contributed by atoms with Crippen LogP contribution in [0, 0.1) is 0 Å². The number of phenolic OH excluding ortho intramolecular Hbond substituents is 1. The van der Waals surface area contributed by atoms with E-state index in [0.717, 1.165) is 12.8 Å². The second-order valence-corrected chi connectivity index (χ2v) is 4.00. The molecule has 15 heavy (non-hydrogen) atoms. The van der Waals surface area contributed by atoms with Gasteiger partial charge in [0.05, 0.1) is 0 Å². The summed E-state index contributed by atoms with van der Waals surface area (Å²) in [4.78, 5) is 11.7. The van der Waals surface area contributed by atoms with Crippen LogP contribution in [0.5, 0.6) is 5.75 Å². The van der Waals surface area contributed by atoms with Crippen LogP contribution in [0.4, 0.5) is 0 Å². The number of nitrogens with one attached hydrogen (secondary N) is 1. The molecule has 0 atom stereocenters. The van der Waals surface area contributed by atoms with E-state index in [4.69, 9.17) is 5.11 Å². The average Bonchev–Trinajstić information content (AvgIpc) is 2.71. The maximum atomic E-state index is 11.7. The van der Waals surface area contributed by atoms with E-state index in [1.165, 1.54) is 25.0 Å². The molecule has 3 nitrogen and oxygen atoms in total. The van der Waals surface area contributed by atoms with Gasteiger partial charge >= 0.3 is 0 Å². The Morgan fingerprint density at radius 1 is 1.20 bits per heavy atom.